The summed E-state index contributed by atoms with van der Waals surface area (Å²) in [5.41, 5.74) is 8.36. The largest absolute Gasteiger partial charge is 0.385 e. The van der Waals surface area contributed by atoms with Gasteiger partial charge in [-0.15, -0.1) is 0 Å². The van der Waals surface area contributed by atoms with Crippen LogP contribution in [0.2, 0.25) is 0 Å². The number of fused-ring (bicyclic) bond motifs is 1. The Labute approximate surface area is 75.0 Å². The third-order valence-corrected chi connectivity index (χ3v) is 2.29. The molecule has 4 nitrogen and oxygen atoms in total. The first kappa shape index (κ1) is 7.91. The van der Waals surface area contributed by atoms with E-state index in [2.05, 4.69) is 4.98 Å². The average molecular weight is 177 g/mol. The highest BCUT2D eigenvalue weighted by molar-refractivity contribution is 5.54. The first-order valence-electron chi connectivity index (χ1n) is 4.06. The van der Waals surface area contributed by atoms with Crippen molar-refractivity contribution < 1.29 is 0 Å². The van der Waals surface area contributed by atoms with E-state index >= 15 is 0 Å². The number of aryl methyl sites for hydroxylation is 2. The van der Waals surface area contributed by atoms with Gasteiger partial charge in [0.05, 0.1) is 0 Å². The number of hydrogen-bond donors (Lipinski definition) is 2. The molecular formula is C9H11N3O. The fourth-order valence-electron chi connectivity index (χ4n) is 1.43. The number of nitrogens with zero attached hydrogens (tertiary/aromatic N) is 1. The van der Waals surface area contributed by atoms with Crippen molar-refractivity contribution >= 4 is 11.5 Å². The van der Waals surface area contributed by atoms with Crippen LogP contribution in [-0.4, -0.2) is 9.38 Å². The normalized spacial score (nSPS) is 10.9. The highest BCUT2D eigenvalue weighted by Crippen LogP contribution is 2.13. The number of aromatic nitrogens is 2. The molecule has 0 saturated carbocycles. The summed E-state index contributed by atoms with van der Waals surface area (Å²) in [6, 6.07) is 1.38. The lowest BCUT2D eigenvalue weighted by Gasteiger charge is -1.97. The Kier molecular flexibility index (Phi) is 1.45. The maximum Gasteiger partial charge on any atom is 0.259 e. The topological polar surface area (TPSA) is 63.3 Å². The van der Waals surface area contributed by atoms with Crippen LogP contribution in [0.4, 0.5) is 5.82 Å². The van der Waals surface area contributed by atoms with Crippen LogP contribution in [0.15, 0.2) is 17.1 Å². The summed E-state index contributed by atoms with van der Waals surface area (Å²) in [6.07, 6.45) is 1.81. The van der Waals surface area contributed by atoms with Crippen LogP contribution in [0.25, 0.3) is 5.65 Å². The Bertz CT molecular complexity index is 521. The number of aromatic amines is 1. The number of nitrogens with two attached hydrogens (primary N) is 1. The monoisotopic (exact) mass is 177 g/mol. The maximum absolute atomic E-state index is 11.4. The Hall–Kier alpha value is -1.71. The molecule has 2 heterocycles. The zero-order chi connectivity index (χ0) is 9.59. The van der Waals surface area contributed by atoms with E-state index in [1.54, 1.807) is 4.40 Å². The minimum atomic E-state index is -0.0950. The molecule has 2 aromatic rings. The van der Waals surface area contributed by atoms with Gasteiger partial charge in [-0.25, -0.2) is 0 Å². The van der Waals surface area contributed by atoms with Crippen molar-refractivity contribution in [1.82, 2.24) is 9.38 Å². The molecule has 0 aliphatic rings. The molecule has 0 fully saturated rings. The SMILES string of the molecule is Cc1cn2c(=O)cc(N)[nH]c2c1C. The summed E-state index contributed by atoms with van der Waals surface area (Å²) >= 11 is 0. The Morgan fingerprint density at radius 3 is 2.85 bits per heavy atom. The van der Waals surface area contributed by atoms with E-state index in [4.69, 9.17) is 5.73 Å². The van der Waals surface area contributed by atoms with Crippen LogP contribution < -0.4 is 11.3 Å². The lowest BCUT2D eigenvalue weighted by atomic mass is 10.2. The lowest BCUT2D eigenvalue weighted by molar-refractivity contribution is 1.07. The van der Waals surface area contributed by atoms with Crippen LogP contribution >= 0.6 is 0 Å². The Balaban J connectivity index is 3.03. The zero-order valence-electron chi connectivity index (χ0n) is 7.59. The molecular weight excluding hydrogens is 166 g/mol. The highest BCUT2D eigenvalue weighted by atomic mass is 16.1. The van der Waals surface area contributed by atoms with Gasteiger partial charge in [0.1, 0.15) is 11.5 Å². The summed E-state index contributed by atoms with van der Waals surface area (Å²) in [7, 11) is 0. The van der Waals surface area contributed by atoms with Gasteiger partial charge in [-0.1, -0.05) is 0 Å². The van der Waals surface area contributed by atoms with Crippen molar-refractivity contribution in [3.05, 3.63) is 33.7 Å². The second kappa shape index (κ2) is 2.39. The van der Waals surface area contributed by atoms with Gasteiger partial charge >= 0.3 is 0 Å². The van der Waals surface area contributed by atoms with Crippen LogP contribution in [0, 0.1) is 13.8 Å². The van der Waals surface area contributed by atoms with Crippen LogP contribution in [0.1, 0.15) is 11.1 Å². The molecule has 0 aliphatic heterocycles. The Morgan fingerprint density at radius 2 is 2.15 bits per heavy atom. The van der Waals surface area contributed by atoms with Crippen molar-refractivity contribution in [3.8, 4) is 0 Å². The first-order valence-corrected chi connectivity index (χ1v) is 4.06. The second-order valence-corrected chi connectivity index (χ2v) is 3.22. The van der Waals surface area contributed by atoms with Gasteiger partial charge in [-0.05, 0) is 25.0 Å². The van der Waals surface area contributed by atoms with Gasteiger partial charge < -0.3 is 10.7 Å². The number of nitrogens with one attached hydrogen (secondary N) is 1. The molecule has 0 radical (unpaired) electrons. The fourth-order valence-corrected chi connectivity index (χ4v) is 1.43. The molecule has 0 amide bonds. The van der Waals surface area contributed by atoms with Crippen LogP contribution in [0.3, 0.4) is 0 Å². The molecule has 0 unspecified atom stereocenters. The smallest absolute Gasteiger partial charge is 0.259 e. The van der Waals surface area contributed by atoms with Crippen LogP contribution in [-0.2, 0) is 0 Å². The first-order chi connectivity index (χ1) is 6.09. The number of hydrogen-bond acceptors (Lipinski definition) is 2. The van der Waals surface area contributed by atoms with E-state index < -0.39 is 0 Å². The summed E-state index contributed by atoms with van der Waals surface area (Å²) in [4.78, 5) is 14.4. The van der Waals surface area contributed by atoms with E-state index in [-0.39, 0.29) is 5.56 Å². The van der Waals surface area contributed by atoms with Gasteiger partial charge in [0, 0.05) is 12.3 Å². The Morgan fingerprint density at radius 1 is 1.46 bits per heavy atom. The predicted molar refractivity (Wildman–Crippen MR) is 51.9 cm³/mol. The number of nitrogen functional groups attached to an aromatic ring is 1. The van der Waals surface area contributed by atoms with Gasteiger partial charge in [-0.2, -0.15) is 0 Å². The van der Waals surface area contributed by atoms with Crippen molar-refractivity contribution in [3.63, 3.8) is 0 Å². The van der Waals surface area contributed by atoms with Crippen LogP contribution in [0.5, 0.6) is 0 Å². The third-order valence-electron chi connectivity index (χ3n) is 2.29. The van der Waals surface area contributed by atoms with E-state index in [0.717, 1.165) is 16.8 Å². The zero-order valence-corrected chi connectivity index (χ0v) is 7.59. The average Bonchev–Trinajstić information content (AvgIpc) is 2.32. The molecule has 0 bridgehead atoms. The molecule has 13 heavy (non-hydrogen) atoms. The predicted octanol–water partition coefficient (Wildman–Crippen LogP) is 0.827. The standard InChI is InChI=1S/C9H11N3O/c1-5-4-12-8(13)3-7(10)11-9(12)6(5)2/h3-4,11H,10H2,1-2H3. The third kappa shape index (κ3) is 1.02. The number of anilines is 1. The van der Waals surface area contributed by atoms with E-state index in [1.165, 1.54) is 6.07 Å². The summed E-state index contributed by atoms with van der Waals surface area (Å²) in [6.45, 7) is 3.92. The summed E-state index contributed by atoms with van der Waals surface area (Å²) < 4.78 is 1.57. The van der Waals surface area contributed by atoms with Gasteiger partial charge in [0.15, 0.2) is 0 Å². The number of H-pyrrole nitrogens is 1. The van der Waals surface area contributed by atoms with Gasteiger partial charge in [0.2, 0.25) is 0 Å². The van der Waals surface area contributed by atoms with Gasteiger partial charge in [-0.3, -0.25) is 9.20 Å². The van der Waals surface area contributed by atoms with Crippen molar-refractivity contribution in [1.29, 1.82) is 0 Å². The summed E-state index contributed by atoms with van der Waals surface area (Å²) in [5.74, 6) is 0.402. The fraction of sp³-hybridized carbons (Fsp3) is 0.222. The molecule has 0 atom stereocenters. The second-order valence-electron chi connectivity index (χ2n) is 3.22. The van der Waals surface area contributed by atoms with Crippen molar-refractivity contribution in [2.75, 3.05) is 5.73 Å². The molecule has 0 saturated heterocycles. The molecule has 2 aromatic heterocycles. The molecule has 2 rings (SSSR count). The van der Waals surface area contributed by atoms with E-state index in [9.17, 15) is 4.79 Å². The maximum atomic E-state index is 11.4. The molecule has 68 valence electrons. The molecule has 3 N–H and O–H groups in total. The van der Waals surface area contributed by atoms with Crippen molar-refractivity contribution in [2.24, 2.45) is 0 Å². The van der Waals surface area contributed by atoms with E-state index in [0.29, 0.717) is 5.82 Å². The minimum Gasteiger partial charge on any atom is -0.385 e. The quantitative estimate of drug-likeness (QED) is 0.626. The lowest BCUT2D eigenvalue weighted by Crippen LogP contribution is -2.12. The molecule has 0 aliphatic carbocycles. The molecule has 0 aromatic carbocycles. The highest BCUT2D eigenvalue weighted by Gasteiger charge is 2.05. The van der Waals surface area contributed by atoms with E-state index in [1.807, 2.05) is 20.0 Å². The minimum absolute atomic E-state index is 0.0950. The molecule has 4 heteroatoms. The van der Waals surface area contributed by atoms with Crippen molar-refractivity contribution in [2.45, 2.75) is 13.8 Å². The summed E-state index contributed by atoms with van der Waals surface area (Å²) in [5, 5.41) is 0. The van der Waals surface area contributed by atoms with Gasteiger partial charge in [0.25, 0.3) is 5.56 Å². The molecule has 0 spiro atoms. The number of rotatable bonds is 0.